The highest BCUT2D eigenvalue weighted by Gasteiger charge is 2.12. The first-order chi connectivity index (χ1) is 9.00. The Morgan fingerprint density at radius 2 is 2.00 bits per heavy atom. The first-order valence-electron chi connectivity index (χ1n) is 6.70. The Labute approximate surface area is 114 Å². The van der Waals surface area contributed by atoms with Crippen LogP contribution in [0.4, 0.5) is 0 Å². The van der Waals surface area contributed by atoms with Crippen molar-refractivity contribution in [2.24, 2.45) is 0 Å². The molecule has 0 saturated carbocycles. The molecule has 2 aromatic heterocycles. The van der Waals surface area contributed by atoms with Crippen LogP contribution in [0.1, 0.15) is 36.4 Å². The molecule has 0 bridgehead atoms. The van der Waals surface area contributed by atoms with Gasteiger partial charge in [-0.1, -0.05) is 13.8 Å². The normalized spacial score (nSPS) is 11.3. The van der Waals surface area contributed by atoms with E-state index >= 15 is 0 Å². The minimum atomic E-state index is 0.461. The van der Waals surface area contributed by atoms with Crippen molar-refractivity contribution in [1.29, 1.82) is 0 Å². The van der Waals surface area contributed by atoms with Crippen LogP contribution in [0.3, 0.4) is 0 Å². The molecule has 0 aliphatic heterocycles. The quantitative estimate of drug-likeness (QED) is 0.917. The summed E-state index contributed by atoms with van der Waals surface area (Å²) in [6.07, 6.45) is 3.72. The SMILES string of the molecule is Cc1nn(-c2cnccc2CNC(C)C)c(C)c1C. The highest BCUT2D eigenvalue weighted by molar-refractivity contribution is 5.41. The highest BCUT2D eigenvalue weighted by atomic mass is 15.3. The van der Waals surface area contributed by atoms with Gasteiger partial charge in [0.15, 0.2) is 0 Å². The molecule has 4 nitrogen and oxygen atoms in total. The lowest BCUT2D eigenvalue weighted by Crippen LogP contribution is -2.23. The van der Waals surface area contributed by atoms with Crippen molar-refractivity contribution in [3.8, 4) is 5.69 Å². The zero-order valence-electron chi connectivity index (χ0n) is 12.4. The van der Waals surface area contributed by atoms with Crippen LogP contribution in [0, 0.1) is 20.8 Å². The second kappa shape index (κ2) is 5.53. The van der Waals surface area contributed by atoms with Gasteiger partial charge < -0.3 is 5.32 Å². The molecular weight excluding hydrogens is 236 g/mol. The Morgan fingerprint density at radius 1 is 1.26 bits per heavy atom. The number of nitrogens with one attached hydrogen (secondary N) is 1. The summed E-state index contributed by atoms with van der Waals surface area (Å²) in [7, 11) is 0. The standard InChI is InChI=1S/C15H22N4/c1-10(2)17-8-14-6-7-16-9-15(14)19-13(5)11(3)12(4)18-19/h6-7,9-10,17H,8H2,1-5H3. The average molecular weight is 258 g/mol. The van der Waals surface area contributed by atoms with Crippen molar-refractivity contribution in [3.05, 3.63) is 41.0 Å². The Kier molecular flexibility index (Phi) is 4.00. The maximum Gasteiger partial charge on any atom is 0.0876 e. The molecule has 102 valence electrons. The fourth-order valence-electron chi connectivity index (χ4n) is 2.02. The van der Waals surface area contributed by atoms with Gasteiger partial charge in [-0.15, -0.1) is 0 Å². The molecule has 19 heavy (non-hydrogen) atoms. The first kappa shape index (κ1) is 13.7. The molecule has 2 rings (SSSR count). The molecule has 4 heteroatoms. The fourth-order valence-corrected chi connectivity index (χ4v) is 2.02. The molecule has 2 aromatic rings. The van der Waals surface area contributed by atoms with Crippen LogP contribution in [0.25, 0.3) is 5.69 Å². The number of nitrogens with zero attached hydrogens (tertiary/aromatic N) is 3. The summed E-state index contributed by atoms with van der Waals surface area (Å²) >= 11 is 0. The molecule has 0 unspecified atom stereocenters. The van der Waals surface area contributed by atoms with Crippen LogP contribution < -0.4 is 5.32 Å². The summed E-state index contributed by atoms with van der Waals surface area (Å²) < 4.78 is 2.00. The number of rotatable bonds is 4. The Hall–Kier alpha value is -1.68. The second-order valence-corrected chi connectivity index (χ2v) is 5.25. The Bertz CT molecular complexity index is 570. The van der Waals surface area contributed by atoms with Crippen LogP contribution in [-0.4, -0.2) is 20.8 Å². The maximum absolute atomic E-state index is 4.62. The summed E-state index contributed by atoms with van der Waals surface area (Å²) in [4.78, 5) is 4.24. The number of aromatic nitrogens is 3. The molecule has 0 saturated heterocycles. The number of hydrogen-bond acceptors (Lipinski definition) is 3. The summed E-state index contributed by atoms with van der Waals surface area (Å²) in [5, 5.41) is 8.06. The van der Waals surface area contributed by atoms with Crippen molar-refractivity contribution in [3.63, 3.8) is 0 Å². The molecule has 2 heterocycles. The zero-order valence-corrected chi connectivity index (χ0v) is 12.4. The third kappa shape index (κ3) is 2.84. The monoisotopic (exact) mass is 258 g/mol. The summed E-state index contributed by atoms with van der Waals surface area (Å²) in [5.74, 6) is 0. The molecule has 0 atom stereocenters. The molecule has 0 amide bonds. The molecule has 0 aromatic carbocycles. The number of aryl methyl sites for hydroxylation is 1. The third-order valence-corrected chi connectivity index (χ3v) is 3.47. The van der Waals surface area contributed by atoms with E-state index in [1.165, 1.54) is 16.8 Å². The van der Waals surface area contributed by atoms with E-state index in [0.29, 0.717) is 6.04 Å². The molecule has 0 spiro atoms. The topological polar surface area (TPSA) is 42.7 Å². The van der Waals surface area contributed by atoms with E-state index in [4.69, 9.17) is 0 Å². The van der Waals surface area contributed by atoms with Crippen molar-refractivity contribution in [2.75, 3.05) is 0 Å². The van der Waals surface area contributed by atoms with Gasteiger partial charge in [0.2, 0.25) is 0 Å². The molecule has 0 aliphatic carbocycles. The van der Waals surface area contributed by atoms with E-state index in [2.05, 4.69) is 49.2 Å². The summed E-state index contributed by atoms with van der Waals surface area (Å²) in [5.41, 5.74) is 5.77. The molecule has 1 N–H and O–H groups in total. The van der Waals surface area contributed by atoms with Crippen LogP contribution in [0.5, 0.6) is 0 Å². The Morgan fingerprint density at radius 3 is 2.58 bits per heavy atom. The molecule has 0 fully saturated rings. The highest BCUT2D eigenvalue weighted by Crippen LogP contribution is 2.19. The molecular formula is C15H22N4. The average Bonchev–Trinajstić information content (AvgIpc) is 2.64. The van der Waals surface area contributed by atoms with Crippen molar-refractivity contribution < 1.29 is 0 Å². The van der Waals surface area contributed by atoms with Gasteiger partial charge >= 0.3 is 0 Å². The van der Waals surface area contributed by atoms with E-state index in [0.717, 1.165) is 17.9 Å². The van der Waals surface area contributed by atoms with Crippen LogP contribution >= 0.6 is 0 Å². The molecule has 0 radical (unpaired) electrons. The lowest BCUT2D eigenvalue weighted by Gasteiger charge is -2.13. The van der Waals surface area contributed by atoms with Gasteiger partial charge in [-0.3, -0.25) is 4.98 Å². The minimum Gasteiger partial charge on any atom is -0.310 e. The lowest BCUT2D eigenvalue weighted by molar-refractivity contribution is 0.585. The number of pyridine rings is 1. The number of hydrogen-bond donors (Lipinski definition) is 1. The van der Waals surface area contributed by atoms with Gasteiger partial charge in [0.25, 0.3) is 0 Å². The first-order valence-corrected chi connectivity index (χ1v) is 6.70. The van der Waals surface area contributed by atoms with E-state index in [1.807, 2.05) is 24.0 Å². The van der Waals surface area contributed by atoms with Crippen molar-refractivity contribution in [1.82, 2.24) is 20.1 Å². The Balaban J connectivity index is 2.41. The van der Waals surface area contributed by atoms with Crippen LogP contribution in [-0.2, 0) is 6.54 Å². The zero-order chi connectivity index (χ0) is 14.0. The van der Waals surface area contributed by atoms with E-state index in [9.17, 15) is 0 Å². The van der Waals surface area contributed by atoms with E-state index in [1.54, 1.807) is 0 Å². The third-order valence-electron chi connectivity index (χ3n) is 3.47. The van der Waals surface area contributed by atoms with Gasteiger partial charge in [-0.2, -0.15) is 5.10 Å². The van der Waals surface area contributed by atoms with Gasteiger partial charge in [0.1, 0.15) is 0 Å². The van der Waals surface area contributed by atoms with Crippen LogP contribution in [0.15, 0.2) is 18.5 Å². The van der Waals surface area contributed by atoms with Crippen molar-refractivity contribution >= 4 is 0 Å². The smallest absolute Gasteiger partial charge is 0.0876 e. The summed E-state index contributed by atoms with van der Waals surface area (Å²) in [6, 6.07) is 2.51. The van der Waals surface area contributed by atoms with Crippen molar-refractivity contribution in [2.45, 2.75) is 47.2 Å². The van der Waals surface area contributed by atoms with E-state index in [-0.39, 0.29) is 0 Å². The lowest BCUT2D eigenvalue weighted by atomic mass is 10.2. The van der Waals surface area contributed by atoms with E-state index < -0.39 is 0 Å². The second-order valence-electron chi connectivity index (χ2n) is 5.25. The largest absolute Gasteiger partial charge is 0.310 e. The van der Waals surface area contributed by atoms with Gasteiger partial charge in [-0.05, 0) is 38.0 Å². The fraction of sp³-hybridized carbons (Fsp3) is 0.467. The van der Waals surface area contributed by atoms with Gasteiger partial charge in [-0.25, -0.2) is 4.68 Å². The predicted octanol–water partition coefficient (Wildman–Crippen LogP) is 2.69. The van der Waals surface area contributed by atoms with Gasteiger partial charge in [0, 0.05) is 24.5 Å². The minimum absolute atomic E-state index is 0.461. The summed E-state index contributed by atoms with van der Waals surface area (Å²) in [6.45, 7) is 11.4. The van der Waals surface area contributed by atoms with Gasteiger partial charge in [0.05, 0.1) is 17.6 Å². The maximum atomic E-state index is 4.62. The van der Waals surface area contributed by atoms with Crippen LogP contribution in [0.2, 0.25) is 0 Å². The predicted molar refractivity (Wildman–Crippen MR) is 77.5 cm³/mol. The molecule has 0 aliphatic rings.